The van der Waals surface area contributed by atoms with Crippen LogP contribution >= 0.6 is 7.82 Å². The van der Waals surface area contributed by atoms with Gasteiger partial charge in [0.05, 0.1) is 18.4 Å². The number of nitrogens with zero attached hydrogens (tertiary/aromatic N) is 1. The van der Waals surface area contributed by atoms with Gasteiger partial charge < -0.3 is 29.3 Å². The van der Waals surface area contributed by atoms with Crippen LogP contribution in [0.15, 0.2) is 17.1 Å². The molecule has 0 radical (unpaired) electrons. The van der Waals surface area contributed by atoms with Crippen LogP contribution in [0.2, 0.25) is 0 Å². The number of rotatable bonds is 4. The van der Waals surface area contributed by atoms with Crippen molar-refractivity contribution in [3.05, 3.63) is 28.2 Å². The molecule has 2 rings (SSSR count). The van der Waals surface area contributed by atoms with Crippen LogP contribution < -0.4 is 5.43 Å². The van der Waals surface area contributed by atoms with Crippen LogP contribution in [-0.4, -0.2) is 43.4 Å². The molecule has 10 heteroatoms. The molecule has 0 aromatic carbocycles. The maximum atomic E-state index is 11.3. The van der Waals surface area contributed by atoms with Crippen molar-refractivity contribution >= 4 is 7.82 Å². The summed E-state index contributed by atoms with van der Waals surface area (Å²) in [7, 11) is -4.64. The van der Waals surface area contributed by atoms with Gasteiger partial charge in [0.15, 0.2) is 5.75 Å². The fourth-order valence-electron chi connectivity index (χ4n) is 2.16. The fourth-order valence-corrected chi connectivity index (χ4v) is 2.50. The normalized spacial score (nSPS) is 26.2. The molecular formula is C11H16NO8P. The minimum absolute atomic E-state index is 0.137. The standard InChI is InChI=1S/C11H16NO8P/c1-6-11(15)7(13)2-3-12(6)10-4-8(14)9(20-10)5-19-21(16,17)18/h2-3,8-10,14-15H,4-5H2,1H3,(H2,16,17,18)/t8-,9+,10+/m0/s1. The highest BCUT2D eigenvalue weighted by Gasteiger charge is 2.36. The van der Waals surface area contributed by atoms with Gasteiger partial charge in [-0.25, -0.2) is 4.57 Å². The van der Waals surface area contributed by atoms with Gasteiger partial charge in [0.1, 0.15) is 12.3 Å². The second-order valence-electron chi connectivity index (χ2n) is 4.74. The summed E-state index contributed by atoms with van der Waals surface area (Å²) >= 11 is 0. The Balaban J connectivity index is 2.12. The first kappa shape index (κ1) is 16.2. The van der Waals surface area contributed by atoms with Crippen molar-refractivity contribution in [2.75, 3.05) is 6.61 Å². The Morgan fingerprint density at radius 1 is 1.52 bits per heavy atom. The smallest absolute Gasteiger partial charge is 0.469 e. The summed E-state index contributed by atoms with van der Waals surface area (Å²) in [6.45, 7) is 1.05. The van der Waals surface area contributed by atoms with Gasteiger partial charge in [-0.3, -0.25) is 9.32 Å². The van der Waals surface area contributed by atoms with Crippen molar-refractivity contribution in [2.45, 2.75) is 31.8 Å². The van der Waals surface area contributed by atoms with Gasteiger partial charge in [0.2, 0.25) is 5.43 Å². The van der Waals surface area contributed by atoms with Crippen LogP contribution in [-0.2, 0) is 13.8 Å². The molecule has 21 heavy (non-hydrogen) atoms. The second kappa shape index (κ2) is 5.88. The number of hydrogen-bond acceptors (Lipinski definition) is 6. The van der Waals surface area contributed by atoms with Crippen molar-refractivity contribution < 1.29 is 33.8 Å². The zero-order valence-electron chi connectivity index (χ0n) is 11.1. The van der Waals surface area contributed by atoms with Gasteiger partial charge in [-0.2, -0.15) is 0 Å². The van der Waals surface area contributed by atoms with Gasteiger partial charge in [0, 0.05) is 18.7 Å². The molecule has 3 atom stereocenters. The summed E-state index contributed by atoms with van der Waals surface area (Å²) < 4.78 is 21.9. The molecule has 0 bridgehead atoms. The van der Waals surface area contributed by atoms with Crippen molar-refractivity contribution in [1.29, 1.82) is 0 Å². The molecule has 0 unspecified atom stereocenters. The number of aromatic nitrogens is 1. The van der Waals surface area contributed by atoms with E-state index >= 15 is 0 Å². The topological polar surface area (TPSA) is 138 Å². The van der Waals surface area contributed by atoms with Crippen LogP contribution in [0.4, 0.5) is 0 Å². The molecule has 9 nitrogen and oxygen atoms in total. The van der Waals surface area contributed by atoms with E-state index in [4.69, 9.17) is 14.5 Å². The highest BCUT2D eigenvalue weighted by atomic mass is 31.2. The third-order valence-electron chi connectivity index (χ3n) is 3.27. The number of phosphoric ester groups is 1. The molecule has 0 amide bonds. The number of hydrogen-bond donors (Lipinski definition) is 4. The van der Waals surface area contributed by atoms with E-state index in [1.54, 1.807) is 0 Å². The molecule has 1 saturated heterocycles. The van der Waals surface area contributed by atoms with Gasteiger partial charge in [-0.15, -0.1) is 0 Å². The monoisotopic (exact) mass is 321 g/mol. The van der Waals surface area contributed by atoms with E-state index < -0.39 is 44.0 Å². The van der Waals surface area contributed by atoms with Crippen LogP contribution in [0.25, 0.3) is 0 Å². The van der Waals surface area contributed by atoms with Crippen LogP contribution in [0.1, 0.15) is 18.3 Å². The molecule has 118 valence electrons. The molecule has 0 spiro atoms. The number of phosphoric acid groups is 1. The molecular weight excluding hydrogens is 305 g/mol. The molecule has 4 N–H and O–H groups in total. The number of aliphatic hydroxyl groups is 1. The van der Waals surface area contributed by atoms with Gasteiger partial charge >= 0.3 is 7.82 Å². The van der Waals surface area contributed by atoms with Gasteiger partial charge in [-0.05, 0) is 6.92 Å². The highest BCUT2D eigenvalue weighted by molar-refractivity contribution is 7.46. The average Bonchev–Trinajstić information content (AvgIpc) is 2.74. The summed E-state index contributed by atoms with van der Waals surface area (Å²) in [6, 6.07) is 1.16. The lowest BCUT2D eigenvalue weighted by Crippen LogP contribution is -2.26. The average molecular weight is 321 g/mol. The van der Waals surface area contributed by atoms with Crippen molar-refractivity contribution in [2.24, 2.45) is 0 Å². The minimum atomic E-state index is -4.64. The van der Waals surface area contributed by atoms with Crippen molar-refractivity contribution in [1.82, 2.24) is 4.57 Å². The lowest BCUT2D eigenvalue weighted by atomic mass is 10.2. The molecule has 1 aliphatic rings. The molecule has 1 aromatic heterocycles. The summed E-state index contributed by atoms with van der Waals surface area (Å²) in [5.41, 5.74) is -0.250. The highest BCUT2D eigenvalue weighted by Crippen LogP contribution is 2.38. The van der Waals surface area contributed by atoms with E-state index in [0.717, 1.165) is 6.07 Å². The van der Waals surface area contributed by atoms with E-state index in [1.165, 1.54) is 17.7 Å². The predicted molar refractivity (Wildman–Crippen MR) is 69.6 cm³/mol. The Morgan fingerprint density at radius 2 is 2.19 bits per heavy atom. The largest absolute Gasteiger partial charge is 0.503 e. The summed E-state index contributed by atoms with van der Waals surface area (Å²) in [4.78, 5) is 28.6. The maximum absolute atomic E-state index is 11.3. The van der Waals surface area contributed by atoms with Gasteiger partial charge in [0.25, 0.3) is 0 Å². The molecule has 0 saturated carbocycles. The number of ether oxygens (including phenoxy) is 1. The molecule has 1 aromatic rings. The zero-order chi connectivity index (χ0) is 15.8. The molecule has 0 aliphatic carbocycles. The van der Waals surface area contributed by atoms with Crippen molar-refractivity contribution in [3.63, 3.8) is 0 Å². The van der Waals surface area contributed by atoms with Gasteiger partial charge in [-0.1, -0.05) is 0 Å². The second-order valence-corrected chi connectivity index (χ2v) is 5.98. The van der Waals surface area contributed by atoms with E-state index in [-0.39, 0.29) is 12.1 Å². The molecule has 1 aliphatic heterocycles. The third kappa shape index (κ3) is 3.70. The lowest BCUT2D eigenvalue weighted by Gasteiger charge is -2.19. The van der Waals surface area contributed by atoms with Crippen LogP contribution in [0.5, 0.6) is 5.75 Å². The number of aromatic hydroxyl groups is 1. The Bertz CT molecular complexity index is 623. The Morgan fingerprint density at radius 3 is 2.81 bits per heavy atom. The van der Waals surface area contributed by atoms with Crippen LogP contribution in [0, 0.1) is 6.92 Å². The summed E-state index contributed by atoms with van der Waals surface area (Å²) in [5, 5.41) is 19.4. The molecule has 2 heterocycles. The van der Waals surface area contributed by atoms with E-state index in [0.29, 0.717) is 0 Å². The first-order valence-electron chi connectivity index (χ1n) is 6.13. The maximum Gasteiger partial charge on any atom is 0.469 e. The van der Waals surface area contributed by atoms with Crippen LogP contribution in [0.3, 0.4) is 0 Å². The quantitative estimate of drug-likeness (QED) is 0.550. The first-order chi connectivity index (χ1) is 9.69. The third-order valence-corrected chi connectivity index (χ3v) is 3.76. The first-order valence-corrected chi connectivity index (χ1v) is 7.66. The predicted octanol–water partition coefficient (Wildman–Crippen LogP) is -0.380. The zero-order valence-corrected chi connectivity index (χ0v) is 12.0. The SMILES string of the molecule is Cc1c(O)c(=O)ccn1[C@H]1C[C@H](O)[C@@H](COP(=O)(O)O)O1. The summed E-state index contributed by atoms with van der Waals surface area (Å²) in [6.07, 6.45) is -1.01. The van der Waals surface area contributed by atoms with E-state index in [9.17, 15) is 19.6 Å². The Hall–Kier alpha value is -1.22. The van der Waals surface area contributed by atoms with Crippen molar-refractivity contribution in [3.8, 4) is 5.75 Å². The lowest BCUT2D eigenvalue weighted by molar-refractivity contribution is -0.0444. The number of pyridine rings is 1. The summed E-state index contributed by atoms with van der Waals surface area (Å²) in [5.74, 6) is -0.412. The minimum Gasteiger partial charge on any atom is -0.503 e. The van der Waals surface area contributed by atoms with E-state index in [2.05, 4.69) is 4.52 Å². The Labute approximate surface area is 119 Å². The Kier molecular flexibility index (Phi) is 4.52. The van der Waals surface area contributed by atoms with E-state index in [1.807, 2.05) is 0 Å². The molecule has 1 fully saturated rings. The number of aliphatic hydroxyl groups excluding tert-OH is 1. The fraction of sp³-hybridized carbons (Fsp3) is 0.545.